The molecule has 0 heterocycles. The molecule has 0 aliphatic heterocycles. The Labute approximate surface area is 122 Å². The van der Waals surface area contributed by atoms with E-state index in [4.69, 9.17) is 0 Å². The third-order valence-corrected chi connectivity index (χ3v) is 4.76. The Kier molecular flexibility index (Phi) is 4.99. The van der Waals surface area contributed by atoms with Crippen molar-refractivity contribution in [3.63, 3.8) is 0 Å². The Morgan fingerprint density at radius 1 is 1.37 bits per heavy atom. The highest BCUT2D eigenvalue weighted by atomic mass is 79.9. The first-order valence-corrected chi connectivity index (χ1v) is 7.55. The lowest BCUT2D eigenvalue weighted by Gasteiger charge is -2.36. The van der Waals surface area contributed by atoms with Crippen LogP contribution in [-0.2, 0) is 11.3 Å². The third-order valence-electron chi connectivity index (χ3n) is 3.99. The molecule has 2 atom stereocenters. The average Bonchev–Trinajstić information content (AvgIpc) is 2.41. The van der Waals surface area contributed by atoms with Crippen molar-refractivity contribution in [2.45, 2.75) is 38.3 Å². The van der Waals surface area contributed by atoms with E-state index in [-0.39, 0.29) is 12.0 Å². The SMILES string of the molecule is CN(Cc1ccccc1Br)C1CCCCC1C(=O)O. The van der Waals surface area contributed by atoms with Crippen molar-refractivity contribution in [1.82, 2.24) is 4.90 Å². The summed E-state index contributed by atoms with van der Waals surface area (Å²) in [5, 5.41) is 9.34. The summed E-state index contributed by atoms with van der Waals surface area (Å²) in [5.41, 5.74) is 1.21. The fourth-order valence-electron chi connectivity index (χ4n) is 2.94. The van der Waals surface area contributed by atoms with Gasteiger partial charge in [0.25, 0.3) is 0 Å². The van der Waals surface area contributed by atoms with Crippen LogP contribution >= 0.6 is 15.9 Å². The third kappa shape index (κ3) is 3.57. The number of aliphatic carboxylic acids is 1. The standard InChI is InChI=1S/C15H20BrNO2/c1-17(10-11-6-2-4-8-13(11)16)14-9-5-3-7-12(14)15(18)19/h2,4,6,8,12,14H,3,5,7,9-10H2,1H3,(H,18,19). The van der Waals surface area contributed by atoms with E-state index in [1.54, 1.807) is 0 Å². The molecular formula is C15H20BrNO2. The zero-order valence-electron chi connectivity index (χ0n) is 11.2. The van der Waals surface area contributed by atoms with Gasteiger partial charge in [-0.1, -0.05) is 47.0 Å². The van der Waals surface area contributed by atoms with Gasteiger partial charge >= 0.3 is 5.97 Å². The van der Waals surface area contributed by atoms with Gasteiger partial charge in [-0.05, 0) is 31.5 Å². The van der Waals surface area contributed by atoms with E-state index in [1.165, 1.54) is 5.56 Å². The first kappa shape index (κ1) is 14.5. The molecule has 0 aromatic heterocycles. The van der Waals surface area contributed by atoms with Crippen molar-refractivity contribution in [2.75, 3.05) is 7.05 Å². The molecule has 3 nitrogen and oxygen atoms in total. The molecule has 1 N–H and O–H groups in total. The molecule has 0 saturated heterocycles. The van der Waals surface area contributed by atoms with Gasteiger partial charge < -0.3 is 5.11 Å². The van der Waals surface area contributed by atoms with Crippen molar-refractivity contribution in [3.8, 4) is 0 Å². The van der Waals surface area contributed by atoms with Gasteiger partial charge in [0.1, 0.15) is 0 Å². The van der Waals surface area contributed by atoms with E-state index in [0.717, 1.165) is 36.7 Å². The van der Waals surface area contributed by atoms with Crippen LogP contribution in [0.2, 0.25) is 0 Å². The molecule has 0 bridgehead atoms. The number of benzene rings is 1. The largest absolute Gasteiger partial charge is 0.481 e. The topological polar surface area (TPSA) is 40.5 Å². The summed E-state index contributed by atoms with van der Waals surface area (Å²) in [5.74, 6) is -0.870. The molecule has 1 saturated carbocycles. The van der Waals surface area contributed by atoms with Crippen molar-refractivity contribution >= 4 is 21.9 Å². The molecule has 2 unspecified atom stereocenters. The Morgan fingerprint density at radius 2 is 2.05 bits per heavy atom. The molecule has 0 radical (unpaired) electrons. The van der Waals surface area contributed by atoms with Crippen LogP contribution in [0.15, 0.2) is 28.7 Å². The summed E-state index contributed by atoms with van der Waals surface area (Å²) >= 11 is 3.55. The van der Waals surface area contributed by atoms with E-state index in [9.17, 15) is 9.90 Å². The number of carboxylic acid groups (broad SMARTS) is 1. The van der Waals surface area contributed by atoms with E-state index in [0.29, 0.717) is 0 Å². The second-order valence-corrected chi connectivity index (χ2v) is 6.16. The van der Waals surface area contributed by atoms with Gasteiger partial charge in [0.05, 0.1) is 5.92 Å². The van der Waals surface area contributed by atoms with Crippen LogP contribution in [0.1, 0.15) is 31.2 Å². The van der Waals surface area contributed by atoms with Crippen LogP contribution in [0.25, 0.3) is 0 Å². The second kappa shape index (κ2) is 6.53. The lowest BCUT2D eigenvalue weighted by atomic mass is 9.83. The molecule has 19 heavy (non-hydrogen) atoms. The zero-order chi connectivity index (χ0) is 13.8. The fourth-order valence-corrected chi connectivity index (χ4v) is 3.35. The van der Waals surface area contributed by atoms with Gasteiger partial charge in [0, 0.05) is 17.1 Å². The lowest BCUT2D eigenvalue weighted by molar-refractivity contribution is -0.145. The normalized spacial score (nSPS) is 23.5. The van der Waals surface area contributed by atoms with Crippen LogP contribution in [0, 0.1) is 5.92 Å². The first-order valence-electron chi connectivity index (χ1n) is 6.76. The van der Waals surface area contributed by atoms with E-state index < -0.39 is 5.97 Å². The maximum atomic E-state index is 11.4. The molecule has 0 amide bonds. The van der Waals surface area contributed by atoms with E-state index in [2.05, 4.69) is 26.9 Å². The smallest absolute Gasteiger partial charge is 0.308 e. The molecule has 4 heteroatoms. The van der Waals surface area contributed by atoms with Crippen LogP contribution in [0.3, 0.4) is 0 Å². The number of rotatable bonds is 4. The van der Waals surface area contributed by atoms with Gasteiger partial charge in [0.2, 0.25) is 0 Å². The van der Waals surface area contributed by atoms with Crippen molar-refractivity contribution in [1.29, 1.82) is 0 Å². The predicted molar refractivity (Wildman–Crippen MR) is 79.0 cm³/mol. The molecule has 104 valence electrons. The number of hydrogen-bond donors (Lipinski definition) is 1. The summed E-state index contributed by atoms with van der Waals surface area (Å²) in [4.78, 5) is 13.5. The molecule has 2 rings (SSSR count). The van der Waals surface area contributed by atoms with Crippen LogP contribution in [-0.4, -0.2) is 29.1 Å². The molecule has 0 spiro atoms. The summed E-state index contributed by atoms with van der Waals surface area (Å²) in [6.45, 7) is 0.788. The minimum atomic E-state index is -0.649. The van der Waals surface area contributed by atoms with Crippen molar-refractivity contribution in [3.05, 3.63) is 34.3 Å². The minimum Gasteiger partial charge on any atom is -0.481 e. The Balaban J connectivity index is 2.07. The highest BCUT2D eigenvalue weighted by Gasteiger charge is 2.33. The van der Waals surface area contributed by atoms with Crippen molar-refractivity contribution in [2.24, 2.45) is 5.92 Å². The minimum absolute atomic E-state index is 0.151. The van der Waals surface area contributed by atoms with Crippen LogP contribution < -0.4 is 0 Å². The summed E-state index contributed by atoms with van der Waals surface area (Å²) in [6.07, 6.45) is 3.96. The van der Waals surface area contributed by atoms with Gasteiger partial charge in [-0.3, -0.25) is 9.69 Å². The second-order valence-electron chi connectivity index (χ2n) is 5.30. The number of halogens is 1. The van der Waals surface area contributed by atoms with Crippen molar-refractivity contribution < 1.29 is 9.90 Å². The van der Waals surface area contributed by atoms with E-state index in [1.807, 2.05) is 25.2 Å². The maximum Gasteiger partial charge on any atom is 0.308 e. The monoisotopic (exact) mass is 325 g/mol. The Bertz CT molecular complexity index is 450. The molecule has 1 aromatic carbocycles. The summed E-state index contributed by atoms with van der Waals surface area (Å²) < 4.78 is 1.09. The maximum absolute atomic E-state index is 11.4. The molecule has 1 aliphatic rings. The van der Waals surface area contributed by atoms with Gasteiger partial charge in [0.15, 0.2) is 0 Å². The average molecular weight is 326 g/mol. The van der Waals surface area contributed by atoms with Crippen LogP contribution in [0.5, 0.6) is 0 Å². The van der Waals surface area contributed by atoms with Crippen LogP contribution in [0.4, 0.5) is 0 Å². The number of hydrogen-bond acceptors (Lipinski definition) is 2. The van der Waals surface area contributed by atoms with Gasteiger partial charge in [-0.25, -0.2) is 0 Å². The zero-order valence-corrected chi connectivity index (χ0v) is 12.8. The quantitative estimate of drug-likeness (QED) is 0.920. The lowest BCUT2D eigenvalue weighted by Crippen LogP contribution is -2.43. The van der Waals surface area contributed by atoms with Gasteiger partial charge in [-0.15, -0.1) is 0 Å². The number of carbonyl (C=O) groups is 1. The van der Waals surface area contributed by atoms with Gasteiger partial charge in [-0.2, -0.15) is 0 Å². The summed E-state index contributed by atoms with van der Waals surface area (Å²) in [6, 6.07) is 8.27. The molecular weight excluding hydrogens is 306 g/mol. The highest BCUT2D eigenvalue weighted by molar-refractivity contribution is 9.10. The Morgan fingerprint density at radius 3 is 2.74 bits per heavy atom. The summed E-state index contributed by atoms with van der Waals surface area (Å²) in [7, 11) is 2.03. The molecule has 1 fully saturated rings. The predicted octanol–water partition coefficient (Wildman–Crippen LogP) is 3.52. The molecule has 1 aromatic rings. The first-order chi connectivity index (χ1) is 9.09. The highest BCUT2D eigenvalue weighted by Crippen LogP contribution is 2.29. The Hall–Kier alpha value is -0.870. The van der Waals surface area contributed by atoms with E-state index >= 15 is 0 Å². The fraction of sp³-hybridized carbons (Fsp3) is 0.533. The number of nitrogens with zero attached hydrogens (tertiary/aromatic N) is 1. The number of carboxylic acids is 1. The molecule has 1 aliphatic carbocycles.